The van der Waals surface area contributed by atoms with Crippen LogP contribution in [-0.4, -0.2) is 24.5 Å². The van der Waals surface area contributed by atoms with Crippen molar-refractivity contribution in [3.05, 3.63) is 22.8 Å². The van der Waals surface area contributed by atoms with E-state index in [1.165, 1.54) is 7.11 Å². The van der Waals surface area contributed by atoms with Gasteiger partial charge in [-0.05, 0) is 25.5 Å². The number of nitrogens with zero attached hydrogens (tertiary/aromatic N) is 1. The molecule has 1 aromatic heterocycles. The van der Waals surface area contributed by atoms with Crippen molar-refractivity contribution in [3.8, 4) is 5.88 Å². The lowest BCUT2D eigenvalue weighted by Crippen LogP contribution is -2.32. The molecule has 1 atom stereocenters. The highest BCUT2D eigenvalue weighted by Gasteiger charge is 2.41. The van der Waals surface area contributed by atoms with E-state index >= 15 is 0 Å². The van der Waals surface area contributed by atoms with Crippen LogP contribution >= 0.6 is 11.6 Å². The number of halogens is 1. The molecular formula is C11H13ClN2O2. The molecule has 1 unspecified atom stereocenters. The SMILES string of the molecule is COc1nc(Cl)ccc1C1(C)CCNC1=O. The van der Waals surface area contributed by atoms with E-state index < -0.39 is 5.41 Å². The van der Waals surface area contributed by atoms with Gasteiger partial charge in [0.05, 0.1) is 12.5 Å². The number of hydrogen-bond acceptors (Lipinski definition) is 3. The van der Waals surface area contributed by atoms with Crippen molar-refractivity contribution in [2.75, 3.05) is 13.7 Å². The van der Waals surface area contributed by atoms with Gasteiger partial charge >= 0.3 is 0 Å². The number of nitrogens with one attached hydrogen (secondary N) is 1. The molecule has 1 amide bonds. The third-order valence-electron chi connectivity index (χ3n) is 3.03. The fourth-order valence-corrected chi connectivity index (χ4v) is 2.12. The first-order valence-electron chi connectivity index (χ1n) is 5.07. The summed E-state index contributed by atoms with van der Waals surface area (Å²) in [6.07, 6.45) is 0.742. The van der Waals surface area contributed by atoms with Crippen molar-refractivity contribution >= 4 is 17.5 Å². The lowest BCUT2D eigenvalue weighted by atomic mass is 9.81. The van der Waals surface area contributed by atoms with E-state index in [1.807, 2.05) is 6.92 Å². The first kappa shape index (κ1) is 11.2. The minimum absolute atomic E-state index is 0.00919. The molecule has 4 nitrogen and oxygen atoms in total. The Kier molecular flexibility index (Phi) is 2.76. The number of pyridine rings is 1. The van der Waals surface area contributed by atoms with E-state index in [4.69, 9.17) is 16.3 Å². The summed E-state index contributed by atoms with van der Waals surface area (Å²) in [5.74, 6) is 0.432. The molecular weight excluding hydrogens is 228 g/mol. The summed E-state index contributed by atoms with van der Waals surface area (Å²) >= 11 is 5.79. The molecule has 0 radical (unpaired) electrons. The van der Waals surface area contributed by atoms with Crippen LogP contribution in [-0.2, 0) is 10.2 Å². The Bertz CT molecular complexity index is 436. The minimum Gasteiger partial charge on any atom is -0.481 e. The van der Waals surface area contributed by atoms with Gasteiger partial charge in [-0.3, -0.25) is 4.79 Å². The van der Waals surface area contributed by atoms with Crippen molar-refractivity contribution in [1.82, 2.24) is 10.3 Å². The molecule has 1 aliphatic rings. The van der Waals surface area contributed by atoms with Gasteiger partial charge in [0.2, 0.25) is 11.8 Å². The number of ether oxygens (including phenoxy) is 1. The van der Waals surface area contributed by atoms with Crippen LogP contribution in [0.1, 0.15) is 18.9 Å². The van der Waals surface area contributed by atoms with Crippen LogP contribution in [0, 0.1) is 0 Å². The fraction of sp³-hybridized carbons (Fsp3) is 0.455. The first-order valence-corrected chi connectivity index (χ1v) is 5.45. The van der Waals surface area contributed by atoms with E-state index in [0.717, 1.165) is 12.0 Å². The van der Waals surface area contributed by atoms with Gasteiger partial charge in [0.1, 0.15) is 5.15 Å². The normalized spacial score (nSPS) is 24.3. The number of aromatic nitrogens is 1. The maximum absolute atomic E-state index is 11.8. The van der Waals surface area contributed by atoms with E-state index in [-0.39, 0.29) is 5.91 Å². The molecule has 0 spiro atoms. The average molecular weight is 241 g/mol. The topological polar surface area (TPSA) is 51.2 Å². The van der Waals surface area contributed by atoms with Crippen LogP contribution in [0.3, 0.4) is 0 Å². The summed E-state index contributed by atoms with van der Waals surface area (Å²) in [7, 11) is 1.53. The number of amides is 1. The molecule has 16 heavy (non-hydrogen) atoms. The third-order valence-corrected chi connectivity index (χ3v) is 3.24. The van der Waals surface area contributed by atoms with E-state index in [1.54, 1.807) is 12.1 Å². The Morgan fingerprint density at radius 2 is 2.31 bits per heavy atom. The molecule has 0 saturated carbocycles. The monoisotopic (exact) mass is 240 g/mol. The largest absolute Gasteiger partial charge is 0.481 e. The molecule has 1 N–H and O–H groups in total. The van der Waals surface area contributed by atoms with Gasteiger partial charge in [0.15, 0.2) is 0 Å². The average Bonchev–Trinajstić information content (AvgIpc) is 2.60. The van der Waals surface area contributed by atoms with Crippen LogP contribution in [0.15, 0.2) is 12.1 Å². The van der Waals surface area contributed by atoms with Gasteiger partial charge < -0.3 is 10.1 Å². The van der Waals surface area contributed by atoms with Crippen molar-refractivity contribution in [3.63, 3.8) is 0 Å². The van der Waals surface area contributed by atoms with Crippen LogP contribution in [0.5, 0.6) is 5.88 Å². The quantitative estimate of drug-likeness (QED) is 0.798. The highest BCUT2D eigenvalue weighted by atomic mass is 35.5. The highest BCUT2D eigenvalue weighted by molar-refractivity contribution is 6.29. The lowest BCUT2D eigenvalue weighted by Gasteiger charge is -2.22. The van der Waals surface area contributed by atoms with Gasteiger partial charge in [0, 0.05) is 12.1 Å². The summed E-state index contributed by atoms with van der Waals surface area (Å²) < 4.78 is 5.18. The van der Waals surface area contributed by atoms with Crippen molar-refractivity contribution in [1.29, 1.82) is 0 Å². The zero-order valence-corrected chi connectivity index (χ0v) is 9.97. The highest BCUT2D eigenvalue weighted by Crippen LogP contribution is 2.36. The maximum Gasteiger partial charge on any atom is 0.230 e. The number of methoxy groups -OCH3 is 1. The molecule has 2 heterocycles. The van der Waals surface area contributed by atoms with Crippen LogP contribution < -0.4 is 10.1 Å². The number of rotatable bonds is 2. The molecule has 1 aliphatic heterocycles. The molecule has 86 valence electrons. The second kappa shape index (κ2) is 3.94. The molecule has 0 bridgehead atoms. The van der Waals surface area contributed by atoms with Crippen LogP contribution in [0.4, 0.5) is 0 Å². The fourth-order valence-electron chi connectivity index (χ4n) is 1.99. The van der Waals surface area contributed by atoms with Gasteiger partial charge in [-0.1, -0.05) is 11.6 Å². The Hall–Kier alpha value is -1.29. The van der Waals surface area contributed by atoms with E-state index in [9.17, 15) is 4.79 Å². The molecule has 1 fully saturated rings. The van der Waals surface area contributed by atoms with Crippen molar-refractivity contribution in [2.45, 2.75) is 18.8 Å². The molecule has 1 saturated heterocycles. The maximum atomic E-state index is 11.8. The first-order chi connectivity index (χ1) is 7.58. The Labute approximate surface area is 99.0 Å². The third kappa shape index (κ3) is 1.63. The summed E-state index contributed by atoms with van der Waals surface area (Å²) in [6, 6.07) is 3.48. The van der Waals surface area contributed by atoms with Crippen LogP contribution in [0.2, 0.25) is 5.15 Å². The Morgan fingerprint density at radius 1 is 1.56 bits per heavy atom. The number of carbonyl (C=O) groups excluding carboxylic acids is 1. The predicted molar refractivity (Wildman–Crippen MR) is 60.8 cm³/mol. The van der Waals surface area contributed by atoms with Crippen LogP contribution in [0.25, 0.3) is 0 Å². The smallest absolute Gasteiger partial charge is 0.230 e. The zero-order valence-electron chi connectivity index (χ0n) is 9.21. The molecule has 2 rings (SSSR count). The Morgan fingerprint density at radius 3 is 2.88 bits per heavy atom. The van der Waals surface area contributed by atoms with Gasteiger partial charge in [-0.15, -0.1) is 0 Å². The minimum atomic E-state index is -0.567. The summed E-state index contributed by atoms with van der Waals surface area (Å²) in [5, 5.41) is 3.18. The van der Waals surface area contributed by atoms with Gasteiger partial charge in [-0.2, -0.15) is 0 Å². The van der Waals surface area contributed by atoms with Crippen molar-refractivity contribution < 1.29 is 9.53 Å². The van der Waals surface area contributed by atoms with E-state index in [0.29, 0.717) is 17.6 Å². The molecule has 1 aromatic rings. The second-order valence-electron chi connectivity index (χ2n) is 4.03. The summed E-state index contributed by atoms with van der Waals surface area (Å²) in [4.78, 5) is 15.9. The van der Waals surface area contributed by atoms with Gasteiger partial charge in [0.25, 0.3) is 0 Å². The second-order valence-corrected chi connectivity index (χ2v) is 4.42. The van der Waals surface area contributed by atoms with Crippen molar-refractivity contribution in [2.24, 2.45) is 0 Å². The lowest BCUT2D eigenvalue weighted by molar-refractivity contribution is -0.123. The number of carbonyl (C=O) groups is 1. The molecule has 5 heteroatoms. The number of hydrogen-bond donors (Lipinski definition) is 1. The predicted octanol–water partition coefficient (Wildman–Crippen LogP) is 1.52. The van der Waals surface area contributed by atoms with Gasteiger partial charge in [-0.25, -0.2) is 4.98 Å². The summed E-state index contributed by atoms with van der Waals surface area (Å²) in [5.41, 5.74) is 0.220. The molecule has 0 aliphatic carbocycles. The van der Waals surface area contributed by atoms with E-state index in [2.05, 4.69) is 10.3 Å². The summed E-state index contributed by atoms with van der Waals surface area (Å²) in [6.45, 7) is 2.57. The molecule has 0 aromatic carbocycles. The zero-order chi connectivity index (χ0) is 11.8. The standard InChI is InChI=1S/C11H13ClN2O2/c1-11(5-6-13-10(11)15)7-3-4-8(12)14-9(7)16-2/h3-4H,5-6H2,1-2H3,(H,13,15). The Balaban J connectivity index is 2.51.